The Kier molecular flexibility index (Phi) is 7.88. The highest BCUT2D eigenvalue weighted by molar-refractivity contribution is 6.35. The molecule has 1 atom stereocenters. The minimum absolute atomic E-state index is 0.215. The zero-order chi connectivity index (χ0) is 23.3. The van der Waals surface area contributed by atoms with Crippen LogP contribution in [-0.2, 0) is 16.1 Å². The maximum Gasteiger partial charge on any atom is 0.338 e. The number of carbonyl (C=O) groups is 2. The van der Waals surface area contributed by atoms with E-state index >= 15 is 0 Å². The van der Waals surface area contributed by atoms with Crippen molar-refractivity contribution >= 4 is 35.2 Å². The van der Waals surface area contributed by atoms with Crippen molar-refractivity contribution in [3.05, 3.63) is 68.8 Å². The summed E-state index contributed by atoms with van der Waals surface area (Å²) >= 11 is 12.2. The van der Waals surface area contributed by atoms with Gasteiger partial charge in [0.05, 0.1) is 24.8 Å². The average molecular weight is 479 g/mol. The highest BCUT2D eigenvalue weighted by atomic mass is 35.5. The van der Waals surface area contributed by atoms with Gasteiger partial charge in [0.25, 0.3) is 0 Å². The van der Waals surface area contributed by atoms with Gasteiger partial charge in [0, 0.05) is 21.3 Å². The highest BCUT2D eigenvalue weighted by Crippen LogP contribution is 2.35. The number of nitrogens with one attached hydrogen (secondary N) is 2. The second-order valence-electron chi connectivity index (χ2n) is 6.95. The van der Waals surface area contributed by atoms with E-state index in [1.807, 2.05) is 6.92 Å². The molecule has 0 bridgehead atoms. The van der Waals surface area contributed by atoms with Crippen LogP contribution in [-0.4, -0.2) is 25.2 Å². The van der Waals surface area contributed by atoms with Crippen molar-refractivity contribution in [3.63, 3.8) is 0 Å². The summed E-state index contributed by atoms with van der Waals surface area (Å²) in [5.74, 6) is 0.474. The molecule has 1 unspecified atom stereocenters. The zero-order valence-corrected chi connectivity index (χ0v) is 19.5. The molecule has 2 amide bonds. The number of urea groups is 1. The summed E-state index contributed by atoms with van der Waals surface area (Å²) in [6, 6.07) is 9.33. The molecular weight excluding hydrogens is 455 g/mol. The Morgan fingerprint density at radius 1 is 1.03 bits per heavy atom. The molecule has 1 aliphatic heterocycles. The number of halogens is 2. The summed E-state index contributed by atoms with van der Waals surface area (Å²) in [5.41, 5.74) is 2.20. The van der Waals surface area contributed by atoms with Gasteiger partial charge in [-0.05, 0) is 50.6 Å². The maximum atomic E-state index is 12.5. The number of carbonyl (C=O) groups excluding carboxylic acids is 2. The van der Waals surface area contributed by atoms with Crippen molar-refractivity contribution in [1.82, 2.24) is 10.6 Å². The van der Waals surface area contributed by atoms with E-state index < -0.39 is 18.0 Å². The molecule has 3 rings (SSSR count). The molecule has 2 N–H and O–H groups in total. The third-order valence-corrected chi connectivity index (χ3v) is 5.35. The number of hydrogen-bond acceptors (Lipinski definition) is 5. The van der Waals surface area contributed by atoms with Crippen molar-refractivity contribution < 1.29 is 23.8 Å². The Bertz CT molecular complexity index is 1050. The fourth-order valence-corrected chi connectivity index (χ4v) is 3.77. The monoisotopic (exact) mass is 478 g/mol. The van der Waals surface area contributed by atoms with Gasteiger partial charge < -0.3 is 24.8 Å². The number of rotatable bonds is 8. The van der Waals surface area contributed by atoms with Gasteiger partial charge in [0.1, 0.15) is 6.61 Å². The third-order valence-electron chi connectivity index (χ3n) is 4.76. The van der Waals surface area contributed by atoms with Crippen LogP contribution >= 0.6 is 23.2 Å². The van der Waals surface area contributed by atoms with Crippen LogP contribution < -0.4 is 20.1 Å². The first-order valence-corrected chi connectivity index (χ1v) is 10.9. The second-order valence-corrected chi connectivity index (χ2v) is 7.80. The van der Waals surface area contributed by atoms with Gasteiger partial charge in [0.15, 0.2) is 11.5 Å². The fourth-order valence-electron chi connectivity index (χ4n) is 3.31. The van der Waals surface area contributed by atoms with E-state index in [4.69, 9.17) is 37.4 Å². The molecule has 32 heavy (non-hydrogen) atoms. The van der Waals surface area contributed by atoms with Crippen LogP contribution in [0.15, 0.2) is 47.7 Å². The Balaban J connectivity index is 1.90. The number of esters is 1. The maximum absolute atomic E-state index is 12.5. The molecule has 2 aromatic rings. The summed E-state index contributed by atoms with van der Waals surface area (Å²) in [6.07, 6.45) is 0. The van der Waals surface area contributed by atoms with E-state index in [0.717, 1.165) is 5.56 Å². The molecule has 9 heteroatoms. The molecule has 0 radical (unpaired) electrons. The van der Waals surface area contributed by atoms with E-state index in [-0.39, 0.29) is 13.2 Å². The van der Waals surface area contributed by atoms with Gasteiger partial charge in [-0.2, -0.15) is 0 Å². The van der Waals surface area contributed by atoms with Crippen LogP contribution in [0.2, 0.25) is 10.0 Å². The van der Waals surface area contributed by atoms with Crippen LogP contribution in [0.1, 0.15) is 37.9 Å². The van der Waals surface area contributed by atoms with E-state index in [9.17, 15) is 9.59 Å². The van der Waals surface area contributed by atoms with Gasteiger partial charge in [0.2, 0.25) is 0 Å². The number of benzene rings is 2. The third kappa shape index (κ3) is 5.47. The first-order chi connectivity index (χ1) is 15.3. The van der Waals surface area contributed by atoms with Gasteiger partial charge in [-0.25, -0.2) is 9.59 Å². The first kappa shape index (κ1) is 23.8. The topological polar surface area (TPSA) is 85.9 Å². The SMILES string of the molecule is CCOC(=O)C1=C(C)NC(=O)NC1c1ccc(OCc2ccc(Cl)cc2Cl)c(OCC)c1. The van der Waals surface area contributed by atoms with Crippen LogP contribution in [0.25, 0.3) is 0 Å². The van der Waals surface area contributed by atoms with Crippen molar-refractivity contribution in [2.45, 2.75) is 33.4 Å². The van der Waals surface area contributed by atoms with E-state index in [1.54, 1.807) is 50.2 Å². The smallest absolute Gasteiger partial charge is 0.338 e. The van der Waals surface area contributed by atoms with Gasteiger partial charge in [-0.15, -0.1) is 0 Å². The summed E-state index contributed by atoms with van der Waals surface area (Å²) in [7, 11) is 0. The lowest BCUT2D eigenvalue weighted by Gasteiger charge is -2.28. The number of allylic oxidation sites excluding steroid dienone is 1. The summed E-state index contributed by atoms with van der Waals surface area (Å²) in [6.45, 7) is 6.08. The lowest BCUT2D eigenvalue weighted by molar-refractivity contribution is -0.139. The van der Waals surface area contributed by atoms with Gasteiger partial charge in [-0.3, -0.25) is 0 Å². The Hall–Kier alpha value is -2.90. The van der Waals surface area contributed by atoms with Crippen molar-refractivity contribution in [3.8, 4) is 11.5 Å². The highest BCUT2D eigenvalue weighted by Gasteiger charge is 2.32. The normalized spacial score (nSPS) is 15.7. The molecule has 1 aliphatic rings. The molecule has 0 saturated carbocycles. The van der Waals surface area contributed by atoms with Crippen LogP contribution in [0, 0.1) is 0 Å². The summed E-state index contributed by atoms with van der Waals surface area (Å²) in [4.78, 5) is 24.6. The lowest BCUT2D eigenvalue weighted by atomic mass is 9.95. The van der Waals surface area contributed by atoms with Gasteiger partial charge >= 0.3 is 12.0 Å². The largest absolute Gasteiger partial charge is 0.490 e. The Morgan fingerprint density at radius 3 is 2.50 bits per heavy atom. The fraction of sp³-hybridized carbons (Fsp3) is 0.304. The van der Waals surface area contributed by atoms with Crippen LogP contribution in [0.5, 0.6) is 11.5 Å². The van der Waals surface area contributed by atoms with E-state index in [1.165, 1.54) is 0 Å². The van der Waals surface area contributed by atoms with Crippen molar-refractivity contribution in [1.29, 1.82) is 0 Å². The second kappa shape index (κ2) is 10.6. The molecule has 1 heterocycles. The van der Waals surface area contributed by atoms with Gasteiger partial charge in [-0.1, -0.05) is 35.3 Å². The van der Waals surface area contributed by atoms with Crippen molar-refractivity contribution in [2.75, 3.05) is 13.2 Å². The number of ether oxygens (including phenoxy) is 3. The molecule has 170 valence electrons. The minimum Gasteiger partial charge on any atom is -0.490 e. The molecule has 0 saturated heterocycles. The molecule has 2 aromatic carbocycles. The zero-order valence-electron chi connectivity index (χ0n) is 18.0. The predicted octanol–water partition coefficient (Wildman–Crippen LogP) is 5.16. The minimum atomic E-state index is -0.693. The summed E-state index contributed by atoms with van der Waals surface area (Å²) in [5, 5.41) is 6.44. The molecular formula is C23H24Cl2N2O5. The Morgan fingerprint density at radius 2 is 1.81 bits per heavy atom. The van der Waals surface area contributed by atoms with E-state index in [0.29, 0.717) is 45.0 Å². The van der Waals surface area contributed by atoms with Crippen LogP contribution in [0.3, 0.4) is 0 Å². The van der Waals surface area contributed by atoms with E-state index in [2.05, 4.69) is 10.6 Å². The van der Waals surface area contributed by atoms with Crippen molar-refractivity contribution in [2.24, 2.45) is 0 Å². The first-order valence-electron chi connectivity index (χ1n) is 10.1. The lowest BCUT2D eigenvalue weighted by Crippen LogP contribution is -2.45. The predicted molar refractivity (Wildman–Crippen MR) is 122 cm³/mol. The molecule has 0 aromatic heterocycles. The van der Waals surface area contributed by atoms with Crippen LogP contribution in [0.4, 0.5) is 4.79 Å². The molecule has 0 fully saturated rings. The average Bonchev–Trinajstić information content (AvgIpc) is 2.73. The number of hydrogen-bond donors (Lipinski definition) is 2. The molecule has 0 aliphatic carbocycles. The quantitative estimate of drug-likeness (QED) is 0.511. The molecule has 7 nitrogen and oxygen atoms in total. The Labute approximate surface area is 196 Å². The standard InChI is InChI=1S/C23H24Cl2N2O5/c1-4-30-19-10-14(21-20(22(28)31-5-2)13(3)26-23(29)27-21)7-9-18(19)32-12-15-6-8-16(24)11-17(15)25/h6-11,21H,4-5,12H2,1-3H3,(H2,26,27,29). The summed E-state index contributed by atoms with van der Waals surface area (Å²) < 4.78 is 16.9. The number of amides is 2. The molecule has 0 spiro atoms.